The van der Waals surface area contributed by atoms with Crippen LogP contribution in [0.1, 0.15) is 44.2 Å². The van der Waals surface area contributed by atoms with Crippen LogP contribution in [0.2, 0.25) is 0 Å². The minimum atomic E-state index is 0.610. The lowest BCUT2D eigenvalue weighted by atomic mass is 10.00. The van der Waals surface area contributed by atoms with E-state index in [2.05, 4.69) is 45.3 Å². The first-order valence-electron chi connectivity index (χ1n) is 7.27. The maximum absolute atomic E-state index is 5.34. The average molecular weight is 270 g/mol. The lowest BCUT2D eigenvalue weighted by molar-refractivity contribution is 0.411. The molecule has 108 valence electrons. The fourth-order valence-corrected chi connectivity index (χ4v) is 2.35. The predicted molar refractivity (Wildman–Crippen MR) is 87.0 cm³/mol. The highest BCUT2D eigenvalue weighted by molar-refractivity contribution is 5.39. The molecule has 1 atom stereocenters. The highest BCUT2D eigenvalue weighted by Gasteiger charge is 2.03. The van der Waals surface area contributed by atoms with Crippen LogP contribution in [0.4, 0.5) is 0 Å². The maximum Gasteiger partial charge on any atom is 0.122 e. The van der Waals surface area contributed by atoms with Gasteiger partial charge in [-0.2, -0.15) is 0 Å². The van der Waals surface area contributed by atoms with Crippen LogP contribution < -0.4 is 4.74 Å². The third-order valence-corrected chi connectivity index (χ3v) is 3.41. The fourth-order valence-electron chi connectivity index (χ4n) is 2.35. The Morgan fingerprint density at radius 1 is 1.35 bits per heavy atom. The zero-order valence-electron chi connectivity index (χ0n) is 13.3. The largest absolute Gasteiger partial charge is 0.496 e. The van der Waals surface area contributed by atoms with Gasteiger partial charge in [-0.15, -0.1) is 18.4 Å². The predicted octanol–water partition coefficient (Wildman–Crippen LogP) is 4.93. The van der Waals surface area contributed by atoms with Crippen molar-refractivity contribution < 1.29 is 4.74 Å². The van der Waals surface area contributed by atoms with Crippen molar-refractivity contribution in [1.82, 2.24) is 0 Å². The van der Waals surface area contributed by atoms with Crippen molar-refractivity contribution in [3.63, 3.8) is 0 Å². The van der Waals surface area contributed by atoms with Gasteiger partial charge in [0.2, 0.25) is 0 Å². The molecule has 0 radical (unpaired) electrons. The first-order chi connectivity index (χ1) is 9.54. The molecule has 20 heavy (non-hydrogen) atoms. The van der Waals surface area contributed by atoms with Crippen molar-refractivity contribution in [3.05, 3.63) is 41.5 Å². The van der Waals surface area contributed by atoms with E-state index in [9.17, 15) is 0 Å². The summed E-state index contributed by atoms with van der Waals surface area (Å²) in [5.41, 5.74) is 3.80. The van der Waals surface area contributed by atoms with Gasteiger partial charge in [0.1, 0.15) is 5.75 Å². The van der Waals surface area contributed by atoms with Gasteiger partial charge >= 0.3 is 0 Å². The summed E-state index contributed by atoms with van der Waals surface area (Å²) in [6.45, 7) is 10.4. The second-order valence-electron chi connectivity index (χ2n) is 5.57. The number of hydrogen-bond donors (Lipinski definition) is 0. The Hall–Kier alpha value is -1.68. The van der Waals surface area contributed by atoms with E-state index in [1.807, 2.05) is 12.1 Å². The number of ether oxygens (including phenoxy) is 1. The third-order valence-electron chi connectivity index (χ3n) is 3.41. The number of allylic oxidation sites excluding steroid dienone is 1. The molecule has 0 aromatic heterocycles. The molecule has 1 aromatic rings. The van der Waals surface area contributed by atoms with Gasteiger partial charge in [-0.05, 0) is 49.8 Å². The SMILES string of the molecule is C=C(C)CC(C)CC#CCCc1cccc(OC)c1C. The molecule has 1 unspecified atom stereocenters. The normalized spacial score (nSPS) is 11.4. The molecule has 0 aliphatic heterocycles. The molecule has 1 heteroatoms. The molecule has 0 saturated heterocycles. The molecule has 0 bridgehead atoms. The summed E-state index contributed by atoms with van der Waals surface area (Å²) in [5.74, 6) is 8.14. The molecule has 0 fully saturated rings. The Morgan fingerprint density at radius 2 is 2.10 bits per heavy atom. The Kier molecular flexibility index (Phi) is 6.94. The van der Waals surface area contributed by atoms with Gasteiger partial charge < -0.3 is 4.74 Å². The van der Waals surface area contributed by atoms with Crippen molar-refractivity contribution in [2.45, 2.75) is 46.5 Å². The number of benzene rings is 1. The number of aryl methyl sites for hydroxylation is 1. The lowest BCUT2D eigenvalue weighted by Crippen LogP contribution is -1.94. The third kappa shape index (κ3) is 5.53. The Balaban J connectivity index is 2.44. The number of hydrogen-bond acceptors (Lipinski definition) is 1. The highest BCUT2D eigenvalue weighted by Crippen LogP contribution is 2.21. The van der Waals surface area contributed by atoms with E-state index in [0.717, 1.165) is 31.4 Å². The monoisotopic (exact) mass is 270 g/mol. The van der Waals surface area contributed by atoms with Crippen molar-refractivity contribution in [2.24, 2.45) is 5.92 Å². The van der Waals surface area contributed by atoms with Gasteiger partial charge in [0.15, 0.2) is 0 Å². The molecule has 0 amide bonds. The van der Waals surface area contributed by atoms with Crippen LogP contribution in [-0.2, 0) is 6.42 Å². The molecular weight excluding hydrogens is 244 g/mol. The molecular formula is C19H26O. The van der Waals surface area contributed by atoms with Crippen molar-refractivity contribution in [3.8, 4) is 17.6 Å². The fraction of sp³-hybridized carbons (Fsp3) is 0.474. The minimum Gasteiger partial charge on any atom is -0.496 e. The molecule has 0 aliphatic carbocycles. The number of methoxy groups -OCH3 is 1. The summed E-state index contributed by atoms with van der Waals surface area (Å²) < 4.78 is 5.34. The first-order valence-corrected chi connectivity index (χ1v) is 7.27. The van der Waals surface area contributed by atoms with Crippen molar-refractivity contribution in [2.75, 3.05) is 7.11 Å². The van der Waals surface area contributed by atoms with E-state index in [4.69, 9.17) is 4.74 Å². The summed E-state index contributed by atoms with van der Waals surface area (Å²) in [4.78, 5) is 0. The summed E-state index contributed by atoms with van der Waals surface area (Å²) in [6.07, 6.45) is 3.94. The van der Waals surface area contributed by atoms with E-state index in [-0.39, 0.29) is 0 Å². The van der Waals surface area contributed by atoms with Crippen LogP contribution >= 0.6 is 0 Å². The molecule has 1 nitrogen and oxygen atoms in total. The topological polar surface area (TPSA) is 9.23 Å². The van der Waals surface area contributed by atoms with Crippen LogP contribution in [0.5, 0.6) is 5.75 Å². The molecule has 0 N–H and O–H groups in total. The van der Waals surface area contributed by atoms with Gasteiger partial charge in [0.25, 0.3) is 0 Å². The van der Waals surface area contributed by atoms with E-state index in [0.29, 0.717) is 5.92 Å². The summed E-state index contributed by atoms with van der Waals surface area (Å²) in [7, 11) is 1.72. The molecule has 1 rings (SSSR count). The van der Waals surface area contributed by atoms with Crippen LogP contribution in [-0.4, -0.2) is 7.11 Å². The zero-order valence-corrected chi connectivity index (χ0v) is 13.3. The summed E-state index contributed by atoms with van der Waals surface area (Å²) in [6, 6.07) is 6.20. The molecule has 0 aliphatic rings. The Morgan fingerprint density at radius 3 is 2.75 bits per heavy atom. The first kappa shape index (κ1) is 16.4. The van der Waals surface area contributed by atoms with E-state index in [1.165, 1.54) is 16.7 Å². The van der Waals surface area contributed by atoms with E-state index in [1.54, 1.807) is 7.11 Å². The van der Waals surface area contributed by atoms with Crippen LogP contribution in [0.3, 0.4) is 0 Å². The van der Waals surface area contributed by atoms with Gasteiger partial charge in [-0.25, -0.2) is 0 Å². The summed E-state index contributed by atoms with van der Waals surface area (Å²) >= 11 is 0. The quantitative estimate of drug-likeness (QED) is 0.526. The smallest absolute Gasteiger partial charge is 0.122 e. The van der Waals surface area contributed by atoms with Gasteiger partial charge in [0.05, 0.1) is 7.11 Å². The average Bonchev–Trinajstić information content (AvgIpc) is 2.39. The van der Waals surface area contributed by atoms with Gasteiger partial charge in [0, 0.05) is 12.8 Å². The second-order valence-corrected chi connectivity index (χ2v) is 5.57. The van der Waals surface area contributed by atoms with Crippen LogP contribution in [0.25, 0.3) is 0 Å². The summed E-state index contributed by atoms with van der Waals surface area (Å²) in [5, 5.41) is 0. The molecule has 0 saturated carbocycles. The van der Waals surface area contributed by atoms with Gasteiger partial charge in [-0.1, -0.05) is 24.6 Å². The molecule has 1 aromatic carbocycles. The van der Waals surface area contributed by atoms with Crippen LogP contribution in [0, 0.1) is 24.7 Å². The molecule has 0 spiro atoms. The van der Waals surface area contributed by atoms with Crippen molar-refractivity contribution >= 4 is 0 Å². The maximum atomic E-state index is 5.34. The van der Waals surface area contributed by atoms with E-state index >= 15 is 0 Å². The van der Waals surface area contributed by atoms with Crippen LogP contribution in [0.15, 0.2) is 30.4 Å². The second kappa shape index (κ2) is 8.48. The Labute approximate surface area is 124 Å². The lowest BCUT2D eigenvalue weighted by Gasteiger charge is -2.08. The van der Waals surface area contributed by atoms with Gasteiger partial charge in [-0.3, -0.25) is 0 Å². The molecule has 0 heterocycles. The minimum absolute atomic E-state index is 0.610. The number of rotatable bonds is 6. The van der Waals surface area contributed by atoms with E-state index < -0.39 is 0 Å². The Bertz CT molecular complexity index is 502. The van der Waals surface area contributed by atoms with Crippen molar-refractivity contribution in [1.29, 1.82) is 0 Å². The standard InChI is InChI=1S/C19H26O/c1-15(2)14-16(3)10-7-6-8-11-18-12-9-13-19(20-5)17(18)4/h9,12-13,16H,1,8,10-11,14H2,2-5H3. The highest BCUT2D eigenvalue weighted by atomic mass is 16.5. The zero-order chi connectivity index (χ0) is 15.0.